The quantitative estimate of drug-likeness (QED) is 0.857. The molecule has 0 aromatic carbocycles. The molecule has 0 radical (unpaired) electrons. The van der Waals surface area contributed by atoms with Crippen LogP contribution in [0.2, 0.25) is 0 Å². The normalized spacial score (nSPS) is 19.4. The first-order chi connectivity index (χ1) is 9.58. The topological polar surface area (TPSA) is 83.0 Å². The first kappa shape index (κ1) is 13.5. The van der Waals surface area contributed by atoms with E-state index in [1.807, 2.05) is 6.92 Å². The Morgan fingerprint density at radius 2 is 2.30 bits per heavy atom. The highest BCUT2D eigenvalue weighted by atomic mass is 79.9. The molecule has 3 heterocycles. The van der Waals surface area contributed by atoms with Gasteiger partial charge in [-0.15, -0.1) is 0 Å². The molecule has 0 amide bonds. The lowest BCUT2D eigenvalue weighted by atomic mass is 10.1. The molecule has 20 heavy (non-hydrogen) atoms. The van der Waals surface area contributed by atoms with E-state index in [1.165, 1.54) is 0 Å². The van der Waals surface area contributed by atoms with Crippen molar-refractivity contribution in [3.05, 3.63) is 26.6 Å². The largest absolute Gasteiger partial charge is 0.379 e. The van der Waals surface area contributed by atoms with Crippen molar-refractivity contribution >= 4 is 32.9 Å². The molecule has 2 N–H and O–H groups in total. The van der Waals surface area contributed by atoms with Crippen molar-refractivity contribution in [1.29, 1.82) is 0 Å². The van der Waals surface area contributed by atoms with Crippen LogP contribution in [-0.4, -0.2) is 27.7 Å². The summed E-state index contributed by atoms with van der Waals surface area (Å²) in [5, 5.41) is 0.830. The zero-order chi connectivity index (χ0) is 14.3. The van der Waals surface area contributed by atoms with Crippen LogP contribution in [0.1, 0.15) is 24.6 Å². The summed E-state index contributed by atoms with van der Waals surface area (Å²) in [6.07, 6.45) is 1.83. The molecule has 1 aliphatic rings. The molecule has 1 fully saturated rings. The first-order valence-electron chi connectivity index (χ1n) is 6.50. The molecular formula is C13H15BrN4O2. The van der Waals surface area contributed by atoms with Gasteiger partial charge in [-0.1, -0.05) is 0 Å². The van der Waals surface area contributed by atoms with E-state index in [1.54, 1.807) is 10.6 Å². The van der Waals surface area contributed by atoms with E-state index in [4.69, 9.17) is 10.5 Å². The number of pyridine rings is 1. The lowest BCUT2D eigenvalue weighted by molar-refractivity contribution is 0.0592. The predicted octanol–water partition coefficient (Wildman–Crippen LogP) is 1.80. The van der Waals surface area contributed by atoms with Crippen molar-refractivity contribution in [1.82, 2.24) is 14.5 Å². The second-order valence-electron chi connectivity index (χ2n) is 4.94. The highest BCUT2D eigenvalue weighted by Gasteiger charge is 2.22. The molecule has 106 valence electrons. The van der Waals surface area contributed by atoms with Crippen LogP contribution in [0, 0.1) is 6.92 Å². The Kier molecular flexibility index (Phi) is 3.47. The van der Waals surface area contributed by atoms with Crippen LogP contribution in [0.15, 0.2) is 15.3 Å². The molecule has 2 aromatic rings. The average molecular weight is 339 g/mol. The zero-order valence-corrected chi connectivity index (χ0v) is 12.7. The van der Waals surface area contributed by atoms with E-state index in [-0.39, 0.29) is 17.5 Å². The molecule has 6 nitrogen and oxygen atoms in total. The van der Waals surface area contributed by atoms with Gasteiger partial charge < -0.3 is 10.5 Å². The van der Waals surface area contributed by atoms with Crippen molar-refractivity contribution in [2.75, 3.05) is 18.9 Å². The lowest BCUT2D eigenvalue weighted by Gasteiger charge is -2.25. The lowest BCUT2D eigenvalue weighted by Crippen LogP contribution is -2.31. The number of anilines is 1. The summed E-state index contributed by atoms with van der Waals surface area (Å²) in [5.41, 5.74) is 6.97. The third-order valence-electron chi connectivity index (χ3n) is 3.56. The molecule has 1 saturated heterocycles. The Labute approximate surface area is 124 Å². The minimum atomic E-state index is -0.106. The van der Waals surface area contributed by atoms with E-state index in [2.05, 4.69) is 25.9 Å². The van der Waals surface area contributed by atoms with Gasteiger partial charge in [0, 0.05) is 12.0 Å². The minimum Gasteiger partial charge on any atom is -0.379 e. The predicted molar refractivity (Wildman–Crippen MR) is 79.7 cm³/mol. The van der Waals surface area contributed by atoms with Crippen LogP contribution in [0.4, 0.5) is 5.95 Å². The molecule has 3 rings (SSSR count). The van der Waals surface area contributed by atoms with Crippen molar-refractivity contribution in [3.63, 3.8) is 0 Å². The van der Waals surface area contributed by atoms with E-state index in [9.17, 15) is 4.79 Å². The highest BCUT2D eigenvalue weighted by Crippen LogP contribution is 2.25. The summed E-state index contributed by atoms with van der Waals surface area (Å²) in [5.74, 6) is 0.183. The Balaban J connectivity index is 2.32. The maximum Gasteiger partial charge on any atom is 0.266 e. The van der Waals surface area contributed by atoms with Gasteiger partial charge in [0.25, 0.3) is 5.56 Å². The summed E-state index contributed by atoms with van der Waals surface area (Å²) >= 11 is 3.33. The molecule has 0 unspecified atom stereocenters. The number of hydrogen-bond acceptors (Lipinski definition) is 5. The number of halogens is 1. The highest BCUT2D eigenvalue weighted by molar-refractivity contribution is 9.10. The van der Waals surface area contributed by atoms with Crippen molar-refractivity contribution in [3.8, 4) is 0 Å². The van der Waals surface area contributed by atoms with Gasteiger partial charge in [0.2, 0.25) is 5.95 Å². The number of aryl methyl sites for hydroxylation is 1. The van der Waals surface area contributed by atoms with E-state index < -0.39 is 0 Å². The van der Waals surface area contributed by atoms with Crippen molar-refractivity contribution in [2.24, 2.45) is 0 Å². The van der Waals surface area contributed by atoms with Gasteiger partial charge in [0.05, 0.1) is 22.8 Å². The Bertz CT molecular complexity index is 722. The number of nitrogens with zero attached hydrogens (tertiary/aromatic N) is 3. The molecule has 0 saturated carbocycles. The fourth-order valence-electron chi connectivity index (χ4n) is 2.61. The number of fused-ring (bicyclic) bond motifs is 1. The van der Waals surface area contributed by atoms with Gasteiger partial charge in [0.1, 0.15) is 5.65 Å². The molecule has 1 atom stereocenters. The molecule has 0 spiro atoms. The van der Waals surface area contributed by atoms with Gasteiger partial charge in [-0.25, -0.2) is 4.98 Å². The molecule has 0 aliphatic carbocycles. The van der Waals surface area contributed by atoms with Crippen LogP contribution < -0.4 is 11.3 Å². The molecular weight excluding hydrogens is 324 g/mol. The van der Waals surface area contributed by atoms with E-state index >= 15 is 0 Å². The molecule has 7 heteroatoms. The van der Waals surface area contributed by atoms with E-state index in [0.717, 1.165) is 30.5 Å². The zero-order valence-electron chi connectivity index (χ0n) is 11.1. The van der Waals surface area contributed by atoms with Crippen LogP contribution in [-0.2, 0) is 4.74 Å². The summed E-state index contributed by atoms with van der Waals surface area (Å²) in [4.78, 5) is 20.9. The number of nitrogen functional groups attached to an aromatic ring is 1. The summed E-state index contributed by atoms with van der Waals surface area (Å²) < 4.78 is 7.68. The standard InChI is InChI=1S/C13H15BrN4O2/c1-7-9-5-10(14)12(19)18(8-3-2-4-20-6-8)11(9)17-13(15)16-7/h5,8H,2-4,6H2,1H3,(H2,15,16,17)/t8-/m1/s1. The molecule has 0 bridgehead atoms. The Morgan fingerprint density at radius 3 is 3.00 bits per heavy atom. The van der Waals surface area contributed by atoms with Gasteiger partial charge in [-0.2, -0.15) is 4.98 Å². The van der Waals surface area contributed by atoms with Gasteiger partial charge in [-0.05, 0) is 41.8 Å². The number of rotatable bonds is 1. The van der Waals surface area contributed by atoms with Crippen LogP contribution in [0.5, 0.6) is 0 Å². The SMILES string of the molecule is Cc1nc(N)nc2c1cc(Br)c(=O)n2[C@@H]1CCCOC1. The van der Waals surface area contributed by atoms with E-state index in [0.29, 0.717) is 16.7 Å². The fraction of sp³-hybridized carbons (Fsp3) is 0.462. The maximum atomic E-state index is 12.5. The minimum absolute atomic E-state index is 0.00931. The number of aromatic nitrogens is 3. The molecule has 1 aliphatic heterocycles. The maximum absolute atomic E-state index is 12.5. The van der Waals surface area contributed by atoms with Crippen LogP contribution in [0.3, 0.4) is 0 Å². The van der Waals surface area contributed by atoms with Crippen LogP contribution >= 0.6 is 15.9 Å². The average Bonchev–Trinajstić information content (AvgIpc) is 2.42. The van der Waals surface area contributed by atoms with Gasteiger partial charge >= 0.3 is 0 Å². The van der Waals surface area contributed by atoms with Gasteiger partial charge in [-0.3, -0.25) is 9.36 Å². The van der Waals surface area contributed by atoms with Crippen molar-refractivity contribution in [2.45, 2.75) is 25.8 Å². The first-order valence-corrected chi connectivity index (χ1v) is 7.30. The third kappa shape index (κ3) is 2.20. The molecule has 2 aromatic heterocycles. The Morgan fingerprint density at radius 1 is 1.50 bits per heavy atom. The number of hydrogen-bond donors (Lipinski definition) is 1. The summed E-state index contributed by atoms with van der Waals surface area (Å²) in [6.45, 7) is 3.13. The summed E-state index contributed by atoms with van der Waals surface area (Å²) in [6, 6.07) is 1.75. The monoisotopic (exact) mass is 338 g/mol. The second-order valence-corrected chi connectivity index (χ2v) is 5.80. The Hall–Kier alpha value is -1.47. The van der Waals surface area contributed by atoms with Crippen molar-refractivity contribution < 1.29 is 4.74 Å². The fourth-order valence-corrected chi connectivity index (χ4v) is 3.03. The third-order valence-corrected chi connectivity index (χ3v) is 4.13. The number of nitrogens with two attached hydrogens (primary N) is 1. The van der Waals surface area contributed by atoms with Crippen LogP contribution in [0.25, 0.3) is 11.0 Å². The van der Waals surface area contributed by atoms with Gasteiger partial charge in [0.15, 0.2) is 0 Å². The number of ether oxygens (including phenoxy) is 1. The summed E-state index contributed by atoms with van der Waals surface area (Å²) in [7, 11) is 0. The second kappa shape index (κ2) is 5.14. The smallest absolute Gasteiger partial charge is 0.266 e.